The third kappa shape index (κ3) is 3.79. The zero-order valence-electron chi connectivity index (χ0n) is 9.74. The molecule has 0 spiro atoms. The molecule has 0 fully saturated rings. The van der Waals surface area contributed by atoms with Gasteiger partial charge in [0.15, 0.2) is 0 Å². The molecule has 0 aliphatic rings. The molecule has 20 heavy (non-hydrogen) atoms. The summed E-state index contributed by atoms with van der Waals surface area (Å²) in [6.45, 7) is -0.0158. The molecule has 110 valence electrons. The van der Waals surface area contributed by atoms with Crippen LogP contribution in [-0.2, 0) is 26.6 Å². The van der Waals surface area contributed by atoms with Crippen LogP contribution in [0.3, 0.4) is 0 Å². The highest BCUT2D eigenvalue weighted by Crippen LogP contribution is 2.26. The second-order valence-electron chi connectivity index (χ2n) is 3.65. The van der Waals surface area contributed by atoms with E-state index < -0.39 is 20.0 Å². The van der Waals surface area contributed by atoms with Gasteiger partial charge in [-0.15, -0.1) is 22.7 Å². The Bertz CT molecular complexity index is 822. The Morgan fingerprint density at radius 1 is 1.05 bits per heavy atom. The van der Waals surface area contributed by atoms with Crippen molar-refractivity contribution in [1.29, 1.82) is 0 Å². The maximum atomic E-state index is 11.9. The fourth-order valence-corrected chi connectivity index (χ4v) is 5.63. The molecule has 0 bridgehead atoms. The zero-order chi connectivity index (χ0) is 15.0. The average molecular weight is 373 g/mol. The van der Waals surface area contributed by atoms with E-state index in [0.29, 0.717) is 9.21 Å². The van der Waals surface area contributed by atoms with Crippen LogP contribution in [0.15, 0.2) is 32.7 Å². The van der Waals surface area contributed by atoms with E-state index in [-0.39, 0.29) is 15.0 Å². The number of primary sulfonamides is 1. The molecular formula is C9H9ClN2O4S4. The van der Waals surface area contributed by atoms with E-state index in [1.165, 1.54) is 24.3 Å². The Labute approximate surface area is 129 Å². The fourth-order valence-electron chi connectivity index (χ4n) is 1.29. The highest BCUT2D eigenvalue weighted by atomic mass is 35.5. The number of thiophene rings is 2. The molecule has 0 saturated carbocycles. The molecule has 0 amide bonds. The van der Waals surface area contributed by atoms with Crippen LogP contribution in [0.4, 0.5) is 0 Å². The van der Waals surface area contributed by atoms with Gasteiger partial charge < -0.3 is 0 Å². The first-order valence-corrected chi connectivity index (χ1v) is 10.1. The van der Waals surface area contributed by atoms with Crippen molar-refractivity contribution in [2.75, 3.05) is 0 Å². The molecule has 0 aliphatic carbocycles. The van der Waals surface area contributed by atoms with Crippen molar-refractivity contribution >= 4 is 54.3 Å². The van der Waals surface area contributed by atoms with Gasteiger partial charge in [-0.2, -0.15) is 0 Å². The van der Waals surface area contributed by atoms with Crippen molar-refractivity contribution in [2.24, 2.45) is 5.14 Å². The smallest absolute Gasteiger partial charge is 0.224 e. The van der Waals surface area contributed by atoms with E-state index in [1.54, 1.807) is 0 Å². The minimum atomic E-state index is -3.76. The topological polar surface area (TPSA) is 106 Å². The summed E-state index contributed by atoms with van der Waals surface area (Å²) in [4.78, 5) is 0.542. The second kappa shape index (κ2) is 5.72. The largest absolute Gasteiger partial charge is 0.250 e. The van der Waals surface area contributed by atoms with Gasteiger partial charge in [0.2, 0.25) is 20.0 Å². The lowest BCUT2D eigenvalue weighted by Gasteiger charge is -2.02. The summed E-state index contributed by atoms with van der Waals surface area (Å²) in [6, 6.07) is 5.74. The standard InChI is InChI=1S/C9H9ClN2O4S4/c10-7-2-4-9(18-7)20(15,16)12-5-6-1-3-8(17-6)19(11,13)14/h1-4,12H,5H2,(H2,11,13,14). The molecule has 3 N–H and O–H groups in total. The lowest BCUT2D eigenvalue weighted by molar-refractivity contribution is 0.584. The van der Waals surface area contributed by atoms with Gasteiger partial charge in [0.1, 0.15) is 8.42 Å². The summed E-state index contributed by atoms with van der Waals surface area (Å²) in [7, 11) is -7.41. The fraction of sp³-hybridized carbons (Fsp3) is 0.111. The Kier molecular flexibility index (Phi) is 4.54. The summed E-state index contributed by atoms with van der Waals surface area (Å²) in [6.07, 6.45) is 0. The number of nitrogens with one attached hydrogen (secondary N) is 1. The Balaban J connectivity index is 2.11. The van der Waals surface area contributed by atoms with Crippen LogP contribution < -0.4 is 9.86 Å². The van der Waals surface area contributed by atoms with Crippen LogP contribution >= 0.6 is 34.3 Å². The van der Waals surface area contributed by atoms with Crippen molar-refractivity contribution in [3.63, 3.8) is 0 Å². The maximum Gasteiger partial charge on any atom is 0.250 e. The van der Waals surface area contributed by atoms with Crippen LogP contribution in [0, 0.1) is 0 Å². The quantitative estimate of drug-likeness (QED) is 0.830. The lowest BCUT2D eigenvalue weighted by atomic mass is 10.5. The highest BCUT2D eigenvalue weighted by molar-refractivity contribution is 7.92. The molecule has 0 aromatic carbocycles. The van der Waals surface area contributed by atoms with Gasteiger partial charge in [0, 0.05) is 11.4 Å². The van der Waals surface area contributed by atoms with Gasteiger partial charge in [-0.05, 0) is 24.3 Å². The van der Waals surface area contributed by atoms with Gasteiger partial charge in [0.05, 0.1) is 4.34 Å². The number of hydrogen-bond acceptors (Lipinski definition) is 6. The molecule has 6 nitrogen and oxygen atoms in total. The number of halogens is 1. The van der Waals surface area contributed by atoms with E-state index in [4.69, 9.17) is 16.7 Å². The average Bonchev–Trinajstić information content (AvgIpc) is 2.94. The SMILES string of the molecule is NS(=O)(=O)c1ccc(CNS(=O)(=O)c2ccc(Cl)s2)s1. The molecule has 0 atom stereocenters. The number of hydrogen-bond donors (Lipinski definition) is 2. The molecule has 0 aliphatic heterocycles. The van der Waals surface area contributed by atoms with Crippen molar-refractivity contribution in [3.05, 3.63) is 33.5 Å². The first-order chi connectivity index (χ1) is 9.18. The predicted octanol–water partition coefficient (Wildman–Crippen LogP) is 1.59. The summed E-state index contributed by atoms with van der Waals surface area (Å²) in [5, 5.41) is 4.98. The molecule has 2 aromatic heterocycles. The third-order valence-electron chi connectivity index (χ3n) is 2.17. The first kappa shape index (κ1) is 15.9. The van der Waals surface area contributed by atoms with Crippen molar-refractivity contribution in [1.82, 2.24) is 4.72 Å². The predicted molar refractivity (Wildman–Crippen MR) is 79.0 cm³/mol. The van der Waals surface area contributed by atoms with E-state index >= 15 is 0 Å². The normalized spacial score (nSPS) is 12.7. The van der Waals surface area contributed by atoms with Crippen molar-refractivity contribution < 1.29 is 16.8 Å². The maximum absolute atomic E-state index is 11.9. The molecule has 0 saturated heterocycles. The van der Waals surface area contributed by atoms with Gasteiger partial charge in [-0.1, -0.05) is 11.6 Å². The van der Waals surface area contributed by atoms with Gasteiger partial charge >= 0.3 is 0 Å². The minimum Gasteiger partial charge on any atom is -0.224 e. The highest BCUT2D eigenvalue weighted by Gasteiger charge is 2.17. The van der Waals surface area contributed by atoms with Crippen LogP contribution in [0.1, 0.15) is 4.88 Å². The zero-order valence-corrected chi connectivity index (χ0v) is 13.8. The van der Waals surface area contributed by atoms with Crippen LogP contribution in [0.2, 0.25) is 4.34 Å². The van der Waals surface area contributed by atoms with Crippen LogP contribution in [-0.4, -0.2) is 16.8 Å². The summed E-state index contributed by atoms with van der Waals surface area (Å²) in [5.41, 5.74) is 0. The number of rotatable bonds is 5. The van der Waals surface area contributed by atoms with Crippen molar-refractivity contribution in [3.8, 4) is 0 Å². The van der Waals surface area contributed by atoms with Crippen LogP contribution in [0.5, 0.6) is 0 Å². The van der Waals surface area contributed by atoms with Gasteiger partial charge in [-0.3, -0.25) is 0 Å². The minimum absolute atomic E-state index is 0.00846. The molecule has 0 unspecified atom stereocenters. The molecule has 2 aromatic rings. The van der Waals surface area contributed by atoms with E-state index in [2.05, 4.69) is 4.72 Å². The monoisotopic (exact) mass is 372 g/mol. The van der Waals surface area contributed by atoms with E-state index in [9.17, 15) is 16.8 Å². The molecule has 0 radical (unpaired) electrons. The molecule has 2 heterocycles. The van der Waals surface area contributed by atoms with Gasteiger partial charge in [0.25, 0.3) is 0 Å². The Morgan fingerprint density at radius 3 is 2.20 bits per heavy atom. The molecular weight excluding hydrogens is 364 g/mol. The first-order valence-electron chi connectivity index (χ1n) is 5.05. The number of sulfonamides is 2. The lowest BCUT2D eigenvalue weighted by Crippen LogP contribution is -2.21. The summed E-state index contributed by atoms with van der Waals surface area (Å²) in [5.74, 6) is 0. The second-order valence-corrected chi connectivity index (χ2v) is 10.3. The summed E-state index contributed by atoms with van der Waals surface area (Å²) >= 11 is 7.55. The Morgan fingerprint density at radius 2 is 1.70 bits per heavy atom. The summed E-state index contributed by atoms with van der Waals surface area (Å²) < 4.78 is 48.9. The van der Waals surface area contributed by atoms with Crippen LogP contribution in [0.25, 0.3) is 0 Å². The molecule has 11 heteroatoms. The van der Waals surface area contributed by atoms with Gasteiger partial charge in [-0.25, -0.2) is 26.7 Å². The van der Waals surface area contributed by atoms with Crippen molar-refractivity contribution in [2.45, 2.75) is 15.0 Å². The Hall–Kier alpha value is -0.490. The third-order valence-corrected chi connectivity index (χ3v) is 7.82. The van der Waals surface area contributed by atoms with E-state index in [0.717, 1.165) is 22.7 Å². The number of nitrogens with two attached hydrogens (primary N) is 1. The molecule has 2 rings (SSSR count). The van der Waals surface area contributed by atoms with E-state index in [1.807, 2.05) is 0 Å².